The van der Waals surface area contributed by atoms with Crippen LogP contribution >= 0.6 is 0 Å². The number of pyridine rings is 2. The van der Waals surface area contributed by atoms with Gasteiger partial charge in [0, 0.05) is 43.6 Å². The number of hydrogen-bond acceptors (Lipinski definition) is 6. The van der Waals surface area contributed by atoms with Gasteiger partial charge in [-0.3, -0.25) is 4.79 Å². The molecule has 8 heteroatoms. The number of hydrogen-bond donors (Lipinski definition) is 2. The van der Waals surface area contributed by atoms with Gasteiger partial charge in [-0.15, -0.1) is 5.10 Å². The van der Waals surface area contributed by atoms with E-state index in [4.69, 9.17) is 5.11 Å². The summed E-state index contributed by atoms with van der Waals surface area (Å²) in [7, 11) is 0. The van der Waals surface area contributed by atoms with Crippen molar-refractivity contribution in [1.82, 2.24) is 24.5 Å². The normalized spacial score (nSPS) is 13.6. The maximum atomic E-state index is 13.3. The average Bonchev–Trinajstić information content (AvgIpc) is 3.42. The van der Waals surface area contributed by atoms with Gasteiger partial charge in [0.05, 0.1) is 29.5 Å². The zero-order chi connectivity index (χ0) is 22.1. The molecule has 1 aliphatic carbocycles. The van der Waals surface area contributed by atoms with Crippen molar-refractivity contribution >= 4 is 16.7 Å². The highest BCUT2D eigenvalue weighted by Gasteiger charge is 2.21. The van der Waals surface area contributed by atoms with Crippen LogP contribution < -0.4 is 10.7 Å². The van der Waals surface area contributed by atoms with Crippen molar-refractivity contribution in [2.24, 2.45) is 0 Å². The molecule has 4 aromatic rings. The van der Waals surface area contributed by atoms with Crippen LogP contribution in [0.25, 0.3) is 11.0 Å². The zero-order valence-corrected chi connectivity index (χ0v) is 18.0. The highest BCUT2D eigenvalue weighted by Crippen LogP contribution is 2.25. The van der Waals surface area contributed by atoms with Crippen LogP contribution in [0.1, 0.15) is 29.3 Å². The molecule has 0 atom stereocenters. The van der Waals surface area contributed by atoms with E-state index >= 15 is 0 Å². The lowest BCUT2D eigenvalue weighted by Crippen LogP contribution is -2.21. The molecular weight excluding hydrogens is 404 g/mol. The first-order valence-corrected chi connectivity index (χ1v) is 11.0. The number of aromatic nitrogens is 5. The topological polar surface area (TPSA) is 97.9 Å². The number of anilines is 1. The summed E-state index contributed by atoms with van der Waals surface area (Å²) in [6, 6.07) is 10.7. The highest BCUT2D eigenvalue weighted by molar-refractivity contribution is 5.79. The van der Waals surface area contributed by atoms with Gasteiger partial charge in [0.25, 0.3) is 0 Å². The third kappa shape index (κ3) is 3.89. The van der Waals surface area contributed by atoms with E-state index < -0.39 is 0 Å². The van der Waals surface area contributed by atoms with Gasteiger partial charge in [-0.1, -0.05) is 29.5 Å². The van der Waals surface area contributed by atoms with Crippen molar-refractivity contribution < 1.29 is 5.11 Å². The molecule has 164 valence electrons. The second-order valence-electron chi connectivity index (χ2n) is 8.26. The standard InChI is InChI=1S/C24H26N6O2/c1-2-29-13-18(14-30-15-19(7-8-31)27-28-30)23(32)22-11-21(12-25-24(22)29)26-20-9-16-5-3-4-6-17(16)10-20/h3-6,11-13,15,20,26,31H,2,7-10,14H2,1H3. The van der Waals surface area contributed by atoms with E-state index in [1.165, 1.54) is 11.1 Å². The molecule has 0 unspecified atom stereocenters. The molecule has 1 aliphatic rings. The fraction of sp³-hybridized carbons (Fsp3) is 0.333. The number of benzene rings is 1. The molecule has 8 nitrogen and oxygen atoms in total. The monoisotopic (exact) mass is 430 g/mol. The second kappa shape index (κ2) is 8.55. The van der Waals surface area contributed by atoms with Gasteiger partial charge in [-0.05, 0) is 37.0 Å². The van der Waals surface area contributed by atoms with Crippen molar-refractivity contribution in [2.45, 2.75) is 45.3 Å². The minimum Gasteiger partial charge on any atom is -0.396 e. The van der Waals surface area contributed by atoms with Crippen LogP contribution in [0.2, 0.25) is 0 Å². The van der Waals surface area contributed by atoms with Gasteiger partial charge in [-0.2, -0.15) is 0 Å². The first-order valence-electron chi connectivity index (χ1n) is 11.0. The van der Waals surface area contributed by atoms with Gasteiger partial charge >= 0.3 is 0 Å². The molecule has 0 saturated heterocycles. The van der Waals surface area contributed by atoms with Crippen LogP contribution in [0.3, 0.4) is 0 Å². The van der Waals surface area contributed by atoms with Gasteiger partial charge in [0.1, 0.15) is 5.65 Å². The van der Waals surface area contributed by atoms with E-state index in [-0.39, 0.29) is 12.0 Å². The van der Waals surface area contributed by atoms with E-state index in [1.807, 2.05) is 30.0 Å². The summed E-state index contributed by atoms with van der Waals surface area (Å²) in [6.07, 6.45) is 7.82. The second-order valence-corrected chi connectivity index (χ2v) is 8.26. The molecule has 0 radical (unpaired) electrons. The summed E-state index contributed by atoms with van der Waals surface area (Å²) in [6.45, 7) is 3.08. The van der Waals surface area contributed by atoms with Crippen molar-refractivity contribution in [3.05, 3.63) is 81.5 Å². The Balaban J connectivity index is 1.45. The lowest BCUT2D eigenvalue weighted by molar-refractivity contribution is 0.298. The summed E-state index contributed by atoms with van der Waals surface area (Å²) in [4.78, 5) is 17.9. The molecule has 5 rings (SSSR count). The first kappa shape index (κ1) is 20.4. The van der Waals surface area contributed by atoms with Crippen molar-refractivity contribution in [3.63, 3.8) is 0 Å². The van der Waals surface area contributed by atoms with E-state index in [0.717, 1.165) is 18.5 Å². The Morgan fingerprint density at radius 1 is 1.19 bits per heavy atom. The van der Waals surface area contributed by atoms with Crippen LogP contribution in [0.15, 0.2) is 53.7 Å². The number of aryl methyl sites for hydroxylation is 1. The number of nitrogens with one attached hydrogen (secondary N) is 1. The third-order valence-electron chi connectivity index (χ3n) is 6.04. The predicted octanol–water partition coefficient (Wildman–Crippen LogP) is 2.17. The Kier molecular flexibility index (Phi) is 5.45. The van der Waals surface area contributed by atoms with Gasteiger partial charge in [-0.25, -0.2) is 9.67 Å². The molecule has 3 heterocycles. The quantitative estimate of drug-likeness (QED) is 0.466. The number of aliphatic hydroxyl groups excluding tert-OH is 1. The summed E-state index contributed by atoms with van der Waals surface area (Å²) in [5.41, 5.74) is 5.58. The van der Waals surface area contributed by atoms with Gasteiger partial charge in [0.2, 0.25) is 0 Å². The molecule has 2 N–H and O–H groups in total. The van der Waals surface area contributed by atoms with Crippen molar-refractivity contribution in [2.75, 3.05) is 11.9 Å². The van der Waals surface area contributed by atoms with Crippen LogP contribution in [-0.4, -0.2) is 42.3 Å². The molecule has 1 aromatic carbocycles. The number of aliphatic hydroxyl groups is 1. The Morgan fingerprint density at radius 2 is 1.97 bits per heavy atom. The van der Waals surface area contributed by atoms with Crippen LogP contribution in [0.4, 0.5) is 5.69 Å². The molecule has 0 amide bonds. The Hall–Kier alpha value is -3.52. The minimum atomic E-state index is -0.0465. The van der Waals surface area contributed by atoms with Crippen LogP contribution in [0, 0.1) is 0 Å². The molecule has 0 aliphatic heterocycles. The summed E-state index contributed by atoms with van der Waals surface area (Å²) < 4.78 is 3.63. The molecule has 0 bridgehead atoms. The summed E-state index contributed by atoms with van der Waals surface area (Å²) in [5, 5.41) is 21.4. The lowest BCUT2D eigenvalue weighted by Gasteiger charge is -2.15. The number of fused-ring (bicyclic) bond motifs is 2. The van der Waals surface area contributed by atoms with Crippen molar-refractivity contribution in [1.29, 1.82) is 0 Å². The molecule has 0 spiro atoms. The van der Waals surface area contributed by atoms with Gasteiger partial charge < -0.3 is 15.0 Å². The Labute approximate surface area is 185 Å². The molecule has 0 saturated carbocycles. The predicted molar refractivity (Wildman–Crippen MR) is 123 cm³/mol. The average molecular weight is 431 g/mol. The third-order valence-corrected chi connectivity index (χ3v) is 6.04. The van der Waals surface area contributed by atoms with Gasteiger partial charge in [0.15, 0.2) is 5.43 Å². The maximum absolute atomic E-state index is 13.3. The molecule has 0 fully saturated rings. The fourth-order valence-corrected chi connectivity index (χ4v) is 4.48. The molecule has 32 heavy (non-hydrogen) atoms. The number of nitrogens with zero attached hydrogens (tertiary/aromatic N) is 5. The van der Waals surface area contributed by atoms with Crippen LogP contribution in [0.5, 0.6) is 0 Å². The van der Waals surface area contributed by atoms with E-state index in [9.17, 15) is 4.79 Å². The largest absolute Gasteiger partial charge is 0.396 e. The SMILES string of the molecule is CCn1cc(Cn2cc(CCO)nn2)c(=O)c2cc(NC3Cc4ccccc4C3)cnc21. The van der Waals surface area contributed by atoms with E-state index in [0.29, 0.717) is 47.8 Å². The van der Waals surface area contributed by atoms with Crippen LogP contribution in [-0.2, 0) is 32.4 Å². The Bertz CT molecular complexity index is 1300. The minimum absolute atomic E-state index is 0.0187. The zero-order valence-electron chi connectivity index (χ0n) is 18.0. The highest BCUT2D eigenvalue weighted by atomic mass is 16.3. The van der Waals surface area contributed by atoms with E-state index in [1.54, 1.807) is 10.9 Å². The lowest BCUT2D eigenvalue weighted by atomic mass is 10.1. The summed E-state index contributed by atoms with van der Waals surface area (Å²) in [5.74, 6) is 0. The first-order chi connectivity index (χ1) is 15.6. The molecule has 3 aromatic heterocycles. The molecular formula is C24H26N6O2. The smallest absolute Gasteiger partial charge is 0.196 e. The fourth-order valence-electron chi connectivity index (χ4n) is 4.48. The summed E-state index contributed by atoms with van der Waals surface area (Å²) >= 11 is 0. The maximum Gasteiger partial charge on any atom is 0.196 e. The van der Waals surface area contributed by atoms with E-state index in [2.05, 4.69) is 44.9 Å². The van der Waals surface area contributed by atoms with Crippen molar-refractivity contribution in [3.8, 4) is 0 Å². The Morgan fingerprint density at radius 3 is 2.69 bits per heavy atom. The number of rotatable bonds is 7.